The Balaban J connectivity index is 2.32. The predicted molar refractivity (Wildman–Crippen MR) is 63.0 cm³/mol. The molecule has 16 heavy (non-hydrogen) atoms. The molecule has 94 valence electrons. The van der Waals surface area contributed by atoms with Crippen LogP contribution in [0.3, 0.4) is 0 Å². The maximum atomic E-state index is 11.2. The van der Waals surface area contributed by atoms with Crippen LogP contribution in [0.15, 0.2) is 0 Å². The predicted octanol–water partition coefficient (Wildman–Crippen LogP) is -0.415. The standard InChI is InChI=1S/C10H20N2O3S/c1-3-12(10(2)13)5-4-11-6-8-16(14,15)9-7-11/h3-9H2,1-2H3. The van der Waals surface area contributed by atoms with Crippen molar-refractivity contribution in [3.8, 4) is 0 Å². The zero-order valence-corrected chi connectivity index (χ0v) is 10.8. The monoisotopic (exact) mass is 248 g/mol. The molecule has 0 aromatic carbocycles. The Morgan fingerprint density at radius 1 is 1.31 bits per heavy atom. The molecule has 1 rings (SSSR count). The van der Waals surface area contributed by atoms with Crippen LogP contribution in [0.2, 0.25) is 0 Å². The molecule has 0 N–H and O–H groups in total. The van der Waals surface area contributed by atoms with Crippen molar-refractivity contribution >= 4 is 15.7 Å². The molecule has 0 unspecified atom stereocenters. The molecule has 0 bridgehead atoms. The van der Waals surface area contributed by atoms with Crippen molar-refractivity contribution in [2.75, 3.05) is 44.2 Å². The number of amides is 1. The first kappa shape index (κ1) is 13.4. The molecular weight excluding hydrogens is 228 g/mol. The Hall–Kier alpha value is -0.620. The van der Waals surface area contributed by atoms with E-state index < -0.39 is 9.84 Å². The maximum absolute atomic E-state index is 11.2. The van der Waals surface area contributed by atoms with Gasteiger partial charge >= 0.3 is 0 Å². The third-order valence-corrected chi connectivity index (χ3v) is 4.56. The molecule has 1 fully saturated rings. The van der Waals surface area contributed by atoms with Gasteiger partial charge in [-0.2, -0.15) is 0 Å². The summed E-state index contributed by atoms with van der Waals surface area (Å²) >= 11 is 0. The largest absolute Gasteiger partial charge is 0.342 e. The molecule has 0 spiro atoms. The third-order valence-electron chi connectivity index (χ3n) is 2.95. The third kappa shape index (κ3) is 4.09. The van der Waals surface area contributed by atoms with Gasteiger partial charge in [-0.25, -0.2) is 8.42 Å². The van der Waals surface area contributed by atoms with Gasteiger partial charge in [-0.15, -0.1) is 0 Å². The van der Waals surface area contributed by atoms with Gasteiger partial charge in [0.25, 0.3) is 0 Å². The van der Waals surface area contributed by atoms with E-state index in [0.717, 1.165) is 6.54 Å². The fraction of sp³-hybridized carbons (Fsp3) is 0.900. The summed E-state index contributed by atoms with van der Waals surface area (Å²) in [6.45, 7) is 6.86. The fourth-order valence-corrected chi connectivity index (χ4v) is 3.05. The summed E-state index contributed by atoms with van der Waals surface area (Å²) in [7, 11) is -2.80. The zero-order chi connectivity index (χ0) is 12.2. The van der Waals surface area contributed by atoms with E-state index >= 15 is 0 Å². The number of carbonyl (C=O) groups excluding carboxylic acids is 1. The SMILES string of the molecule is CCN(CCN1CCS(=O)(=O)CC1)C(C)=O. The van der Waals surface area contributed by atoms with Gasteiger partial charge in [-0.05, 0) is 6.92 Å². The van der Waals surface area contributed by atoms with Crippen molar-refractivity contribution in [3.05, 3.63) is 0 Å². The van der Waals surface area contributed by atoms with E-state index in [2.05, 4.69) is 4.90 Å². The van der Waals surface area contributed by atoms with Crippen LogP contribution in [0, 0.1) is 0 Å². The number of hydrogen-bond acceptors (Lipinski definition) is 4. The van der Waals surface area contributed by atoms with E-state index in [9.17, 15) is 13.2 Å². The van der Waals surface area contributed by atoms with E-state index in [1.54, 1.807) is 11.8 Å². The lowest BCUT2D eigenvalue weighted by atomic mass is 10.4. The Morgan fingerprint density at radius 2 is 1.88 bits per heavy atom. The Kier molecular flexibility index (Phi) is 4.73. The summed E-state index contributed by atoms with van der Waals surface area (Å²) in [5, 5.41) is 0. The second-order valence-electron chi connectivity index (χ2n) is 4.09. The van der Waals surface area contributed by atoms with Crippen LogP contribution in [0.5, 0.6) is 0 Å². The lowest BCUT2D eigenvalue weighted by Crippen LogP contribution is -2.44. The molecule has 0 aromatic heterocycles. The first-order chi connectivity index (χ1) is 7.44. The van der Waals surface area contributed by atoms with E-state index in [-0.39, 0.29) is 17.4 Å². The maximum Gasteiger partial charge on any atom is 0.219 e. The van der Waals surface area contributed by atoms with Crippen LogP contribution in [-0.4, -0.2) is 68.4 Å². The topological polar surface area (TPSA) is 57.7 Å². The highest BCUT2D eigenvalue weighted by atomic mass is 32.2. The van der Waals surface area contributed by atoms with E-state index in [0.29, 0.717) is 26.2 Å². The number of nitrogens with zero attached hydrogens (tertiary/aromatic N) is 2. The van der Waals surface area contributed by atoms with Crippen LogP contribution >= 0.6 is 0 Å². The summed E-state index contributed by atoms with van der Waals surface area (Å²) in [6.07, 6.45) is 0. The molecule has 0 aromatic rings. The number of sulfone groups is 1. The molecule has 0 saturated carbocycles. The molecule has 1 amide bonds. The number of carbonyl (C=O) groups is 1. The van der Waals surface area contributed by atoms with Crippen LogP contribution in [0.4, 0.5) is 0 Å². The summed E-state index contributed by atoms with van der Waals surface area (Å²) in [4.78, 5) is 15.0. The Morgan fingerprint density at radius 3 is 2.31 bits per heavy atom. The summed E-state index contributed by atoms with van der Waals surface area (Å²) in [6, 6.07) is 0. The van der Waals surface area contributed by atoms with Crippen molar-refractivity contribution in [1.82, 2.24) is 9.80 Å². The average Bonchev–Trinajstić information content (AvgIpc) is 2.20. The lowest BCUT2D eigenvalue weighted by Gasteiger charge is -2.29. The van der Waals surface area contributed by atoms with Gasteiger partial charge in [0.2, 0.25) is 5.91 Å². The Bertz CT molecular complexity index is 326. The molecular formula is C10H20N2O3S. The van der Waals surface area contributed by atoms with Gasteiger partial charge in [-0.3, -0.25) is 9.69 Å². The lowest BCUT2D eigenvalue weighted by molar-refractivity contribution is -0.128. The number of hydrogen-bond donors (Lipinski definition) is 0. The molecule has 1 saturated heterocycles. The van der Waals surface area contributed by atoms with Crippen molar-refractivity contribution in [1.29, 1.82) is 0 Å². The van der Waals surface area contributed by atoms with Gasteiger partial charge in [0, 0.05) is 39.6 Å². The molecule has 6 heteroatoms. The number of likely N-dealkylation sites (N-methyl/N-ethyl adjacent to an activating group) is 1. The summed E-state index contributed by atoms with van der Waals surface area (Å²) in [5.41, 5.74) is 0. The molecule has 0 aliphatic carbocycles. The first-order valence-corrected chi connectivity index (χ1v) is 7.45. The van der Waals surface area contributed by atoms with E-state index in [1.807, 2.05) is 6.92 Å². The molecule has 0 atom stereocenters. The smallest absolute Gasteiger partial charge is 0.219 e. The highest BCUT2D eigenvalue weighted by Crippen LogP contribution is 2.03. The van der Waals surface area contributed by atoms with Crippen molar-refractivity contribution in [2.45, 2.75) is 13.8 Å². The van der Waals surface area contributed by atoms with Gasteiger partial charge < -0.3 is 4.90 Å². The highest BCUT2D eigenvalue weighted by Gasteiger charge is 2.21. The van der Waals surface area contributed by atoms with Crippen molar-refractivity contribution < 1.29 is 13.2 Å². The van der Waals surface area contributed by atoms with Gasteiger partial charge in [0.05, 0.1) is 11.5 Å². The molecule has 1 aliphatic heterocycles. The normalized spacial score (nSPS) is 20.6. The minimum Gasteiger partial charge on any atom is -0.342 e. The van der Waals surface area contributed by atoms with Crippen molar-refractivity contribution in [2.24, 2.45) is 0 Å². The second-order valence-corrected chi connectivity index (χ2v) is 6.40. The average molecular weight is 248 g/mol. The van der Waals surface area contributed by atoms with Crippen LogP contribution < -0.4 is 0 Å². The summed E-state index contributed by atoms with van der Waals surface area (Å²) in [5.74, 6) is 0.574. The first-order valence-electron chi connectivity index (χ1n) is 5.63. The second kappa shape index (κ2) is 5.63. The van der Waals surface area contributed by atoms with Crippen LogP contribution in [0.1, 0.15) is 13.8 Å². The van der Waals surface area contributed by atoms with Crippen molar-refractivity contribution in [3.63, 3.8) is 0 Å². The van der Waals surface area contributed by atoms with Gasteiger partial charge in [0.15, 0.2) is 9.84 Å². The quantitative estimate of drug-likeness (QED) is 0.678. The molecule has 1 aliphatic rings. The van der Waals surface area contributed by atoms with E-state index in [4.69, 9.17) is 0 Å². The molecule has 0 radical (unpaired) electrons. The highest BCUT2D eigenvalue weighted by molar-refractivity contribution is 7.91. The minimum atomic E-state index is -2.80. The van der Waals surface area contributed by atoms with Gasteiger partial charge in [-0.1, -0.05) is 0 Å². The molecule has 5 nitrogen and oxygen atoms in total. The summed E-state index contributed by atoms with van der Waals surface area (Å²) < 4.78 is 22.4. The Labute approximate surface area is 97.3 Å². The minimum absolute atomic E-state index is 0.0760. The number of rotatable bonds is 4. The van der Waals surface area contributed by atoms with E-state index in [1.165, 1.54) is 0 Å². The zero-order valence-electron chi connectivity index (χ0n) is 9.98. The van der Waals surface area contributed by atoms with Crippen LogP contribution in [0.25, 0.3) is 0 Å². The van der Waals surface area contributed by atoms with Gasteiger partial charge in [0.1, 0.15) is 0 Å². The molecule has 1 heterocycles. The van der Waals surface area contributed by atoms with Crippen LogP contribution in [-0.2, 0) is 14.6 Å². The fourth-order valence-electron chi connectivity index (χ4n) is 1.77.